The zero-order valence-electron chi connectivity index (χ0n) is 11.4. The van der Waals surface area contributed by atoms with Gasteiger partial charge in [-0.1, -0.05) is 18.2 Å². The van der Waals surface area contributed by atoms with Gasteiger partial charge in [0.05, 0.1) is 5.69 Å². The van der Waals surface area contributed by atoms with E-state index in [4.69, 9.17) is 0 Å². The Hall–Kier alpha value is -2.85. The number of H-pyrrole nitrogens is 1. The summed E-state index contributed by atoms with van der Waals surface area (Å²) < 4.78 is 78.0. The number of nitrogens with zero attached hydrogens (tertiary/aromatic N) is 3. The van der Waals surface area contributed by atoms with Gasteiger partial charge in [0.2, 0.25) is 5.82 Å². The molecule has 0 saturated carbocycles. The number of benzene rings is 1. The Bertz CT molecular complexity index is 955. The molecule has 2 heterocycles. The first-order valence-corrected chi connectivity index (χ1v) is 6.31. The molecule has 0 bridgehead atoms. The predicted octanol–water partition coefficient (Wildman–Crippen LogP) is 3.15. The molecule has 2 aromatic heterocycles. The lowest BCUT2D eigenvalue weighted by atomic mass is 10.2. The Kier molecular flexibility index (Phi) is 3.39. The van der Waals surface area contributed by atoms with Crippen LogP contribution < -0.4 is 5.56 Å². The molecular weight excluding hydrogens is 342 g/mol. The molecule has 0 aliphatic rings. The Labute approximate surface area is 128 Å². The van der Waals surface area contributed by atoms with E-state index in [0.29, 0.717) is 4.68 Å². The average Bonchev–Trinajstić information content (AvgIpc) is 2.83. The number of halogens is 6. The molecular formula is C13H6F6N4O. The molecule has 24 heavy (non-hydrogen) atoms. The van der Waals surface area contributed by atoms with Crippen molar-refractivity contribution in [3.8, 4) is 5.69 Å². The summed E-state index contributed by atoms with van der Waals surface area (Å²) in [6.07, 6.45) is -10.4. The van der Waals surface area contributed by atoms with E-state index in [1.165, 1.54) is 24.3 Å². The van der Waals surface area contributed by atoms with Crippen molar-refractivity contribution in [3.63, 3.8) is 0 Å². The van der Waals surface area contributed by atoms with Crippen LogP contribution in [0.3, 0.4) is 0 Å². The summed E-state index contributed by atoms with van der Waals surface area (Å²) >= 11 is 0. The van der Waals surface area contributed by atoms with Crippen LogP contribution in [0.25, 0.3) is 16.7 Å². The maximum absolute atomic E-state index is 13.1. The van der Waals surface area contributed by atoms with Gasteiger partial charge in [-0.3, -0.25) is 9.89 Å². The lowest BCUT2D eigenvalue weighted by molar-refractivity contribution is -0.151. The van der Waals surface area contributed by atoms with Gasteiger partial charge in [-0.05, 0) is 12.1 Å². The quantitative estimate of drug-likeness (QED) is 0.687. The van der Waals surface area contributed by atoms with Gasteiger partial charge < -0.3 is 0 Å². The normalized spacial score (nSPS) is 12.8. The molecule has 3 aromatic rings. The van der Waals surface area contributed by atoms with E-state index in [9.17, 15) is 31.1 Å². The molecule has 126 valence electrons. The van der Waals surface area contributed by atoms with E-state index in [1.807, 2.05) is 0 Å². The summed E-state index contributed by atoms with van der Waals surface area (Å²) in [5.41, 5.74) is -3.84. The Morgan fingerprint density at radius 1 is 0.917 bits per heavy atom. The van der Waals surface area contributed by atoms with Crippen LogP contribution in [0.15, 0.2) is 35.1 Å². The highest BCUT2D eigenvalue weighted by Gasteiger charge is 2.42. The van der Waals surface area contributed by atoms with Crippen LogP contribution in [-0.4, -0.2) is 19.7 Å². The molecule has 3 rings (SSSR count). The fourth-order valence-electron chi connectivity index (χ4n) is 2.10. The second-order valence-corrected chi connectivity index (χ2v) is 4.70. The first kappa shape index (κ1) is 16.0. The van der Waals surface area contributed by atoms with E-state index in [2.05, 4.69) is 15.1 Å². The summed E-state index contributed by atoms with van der Waals surface area (Å²) in [4.78, 5) is 17.8. The van der Waals surface area contributed by atoms with E-state index >= 15 is 0 Å². The van der Waals surface area contributed by atoms with Gasteiger partial charge in [0, 0.05) is 0 Å². The summed E-state index contributed by atoms with van der Waals surface area (Å²) in [5.74, 6) is -1.98. The van der Waals surface area contributed by atoms with Crippen LogP contribution >= 0.6 is 0 Å². The van der Waals surface area contributed by atoms with Crippen LogP contribution in [0.1, 0.15) is 11.5 Å². The standard InChI is InChI=1S/C13H6F6N4O/c14-12(15,16)8-7-9(21-11(20-8)13(17,18)19)22-23(10(7)24)6-4-2-1-3-5-6/h1-5H,(H,20,21,22). The maximum Gasteiger partial charge on any atom is 0.451 e. The zero-order valence-corrected chi connectivity index (χ0v) is 11.4. The minimum absolute atomic E-state index is 0.141. The first-order valence-electron chi connectivity index (χ1n) is 6.31. The molecule has 0 radical (unpaired) electrons. The smallest absolute Gasteiger partial charge is 0.273 e. The summed E-state index contributed by atoms with van der Waals surface area (Å²) in [6, 6.07) is 7.39. The fraction of sp³-hybridized carbons (Fsp3) is 0.154. The summed E-state index contributed by atoms with van der Waals surface area (Å²) in [7, 11) is 0. The Morgan fingerprint density at radius 2 is 1.54 bits per heavy atom. The van der Waals surface area contributed by atoms with Crippen LogP contribution in [0.2, 0.25) is 0 Å². The number of rotatable bonds is 1. The highest BCUT2D eigenvalue weighted by atomic mass is 19.4. The van der Waals surface area contributed by atoms with Crippen molar-refractivity contribution in [2.45, 2.75) is 12.4 Å². The second-order valence-electron chi connectivity index (χ2n) is 4.70. The number of para-hydroxylation sites is 1. The number of hydrogen-bond acceptors (Lipinski definition) is 3. The minimum Gasteiger partial charge on any atom is -0.273 e. The number of aromatic nitrogens is 4. The lowest BCUT2D eigenvalue weighted by Gasteiger charge is -2.09. The van der Waals surface area contributed by atoms with Crippen molar-refractivity contribution in [2.75, 3.05) is 0 Å². The molecule has 1 N–H and O–H groups in total. The first-order chi connectivity index (χ1) is 11.1. The maximum atomic E-state index is 13.1. The van der Waals surface area contributed by atoms with Gasteiger partial charge in [0.25, 0.3) is 5.56 Å². The van der Waals surface area contributed by atoms with E-state index in [0.717, 1.165) is 0 Å². The molecule has 5 nitrogen and oxygen atoms in total. The third-order valence-electron chi connectivity index (χ3n) is 3.08. The molecule has 0 amide bonds. The van der Waals surface area contributed by atoms with Crippen LogP contribution in [-0.2, 0) is 12.4 Å². The zero-order chi connectivity index (χ0) is 17.7. The van der Waals surface area contributed by atoms with E-state index in [-0.39, 0.29) is 5.69 Å². The average molecular weight is 348 g/mol. The van der Waals surface area contributed by atoms with Crippen molar-refractivity contribution in [1.29, 1.82) is 0 Å². The highest BCUT2D eigenvalue weighted by Crippen LogP contribution is 2.34. The van der Waals surface area contributed by atoms with Crippen molar-refractivity contribution < 1.29 is 26.3 Å². The summed E-state index contributed by atoms with van der Waals surface area (Å²) in [5, 5.41) is 1.10. The number of hydrogen-bond donors (Lipinski definition) is 1. The molecule has 0 fully saturated rings. The van der Waals surface area contributed by atoms with Gasteiger partial charge in [-0.15, -0.1) is 0 Å². The van der Waals surface area contributed by atoms with Gasteiger partial charge in [-0.2, -0.15) is 26.3 Å². The molecule has 11 heteroatoms. The molecule has 0 saturated heterocycles. The SMILES string of the molecule is O=c1c2c(C(F)(F)F)nc(C(F)(F)F)nc2[nH]n1-c1ccccc1. The molecule has 0 aliphatic heterocycles. The van der Waals surface area contributed by atoms with Crippen molar-refractivity contribution in [3.05, 3.63) is 52.2 Å². The van der Waals surface area contributed by atoms with Crippen LogP contribution in [0.5, 0.6) is 0 Å². The molecule has 0 aliphatic carbocycles. The molecule has 1 aromatic carbocycles. The third kappa shape index (κ3) is 2.61. The minimum atomic E-state index is -5.25. The largest absolute Gasteiger partial charge is 0.451 e. The Morgan fingerprint density at radius 3 is 2.08 bits per heavy atom. The van der Waals surface area contributed by atoms with Gasteiger partial charge in [-0.25, -0.2) is 14.6 Å². The van der Waals surface area contributed by atoms with Crippen molar-refractivity contribution in [1.82, 2.24) is 19.7 Å². The lowest BCUT2D eigenvalue weighted by Crippen LogP contribution is -2.20. The van der Waals surface area contributed by atoms with E-state index in [1.54, 1.807) is 6.07 Å². The monoisotopic (exact) mass is 348 g/mol. The van der Waals surface area contributed by atoms with Gasteiger partial charge in [0.1, 0.15) is 5.39 Å². The molecule has 0 spiro atoms. The third-order valence-corrected chi connectivity index (χ3v) is 3.08. The molecule has 0 unspecified atom stereocenters. The number of alkyl halides is 6. The number of aromatic amines is 1. The highest BCUT2D eigenvalue weighted by molar-refractivity contribution is 5.77. The Balaban J connectivity index is 2.39. The predicted molar refractivity (Wildman–Crippen MR) is 69.5 cm³/mol. The van der Waals surface area contributed by atoms with Crippen molar-refractivity contribution >= 4 is 11.0 Å². The fourth-order valence-corrected chi connectivity index (χ4v) is 2.10. The molecule has 0 atom stereocenters. The van der Waals surface area contributed by atoms with E-state index < -0.39 is 40.5 Å². The topological polar surface area (TPSA) is 63.6 Å². The number of nitrogens with one attached hydrogen (secondary N) is 1. The van der Waals surface area contributed by atoms with Crippen LogP contribution in [0, 0.1) is 0 Å². The number of fused-ring (bicyclic) bond motifs is 1. The van der Waals surface area contributed by atoms with Gasteiger partial charge >= 0.3 is 12.4 Å². The van der Waals surface area contributed by atoms with Gasteiger partial charge in [0.15, 0.2) is 11.3 Å². The van der Waals surface area contributed by atoms with Crippen molar-refractivity contribution in [2.24, 2.45) is 0 Å². The second kappa shape index (κ2) is 5.08. The van der Waals surface area contributed by atoms with Crippen LogP contribution in [0.4, 0.5) is 26.3 Å². The summed E-state index contributed by atoms with van der Waals surface area (Å²) in [6.45, 7) is 0.